The van der Waals surface area contributed by atoms with Crippen LogP contribution < -0.4 is 4.90 Å². The van der Waals surface area contributed by atoms with Crippen molar-refractivity contribution in [2.24, 2.45) is 0 Å². The van der Waals surface area contributed by atoms with Crippen LogP contribution in [0.3, 0.4) is 0 Å². The molecule has 6 heteroatoms. The third-order valence-corrected chi connectivity index (χ3v) is 3.53. The van der Waals surface area contributed by atoms with Crippen LogP contribution in [-0.4, -0.2) is 47.0 Å². The van der Waals surface area contributed by atoms with Crippen LogP contribution in [0.25, 0.3) is 0 Å². The molecule has 20 heavy (non-hydrogen) atoms. The van der Waals surface area contributed by atoms with E-state index in [1.165, 1.54) is 0 Å². The number of rotatable bonds is 2. The highest BCUT2D eigenvalue weighted by atomic mass is 16.3. The second-order valence-corrected chi connectivity index (χ2v) is 4.73. The number of anilines is 1. The van der Waals surface area contributed by atoms with Crippen molar-refractivity contribution in [3.63, 3.8) is 0 Å². The fourth-order valence-electron chi connectivity index (χ4n) is 2.37. The molecule has 1 fully saturated rings. The molecule has 0 bridgehead atoms. The molecule has 2 aromatic heterocycles. The van der Waals surface area contributed by atoms with Crippen LogP contribution in [0.5, 0.6) is 0 Å². The molecule has 0 saturated carbocycles. The van der Waals surface area contributed by atoms with Crippen LogP contribution in [-0.2, 0) is 0 Å². The van der Waals surface area contributed by atoms with Crippen molar-refractivity contribution in [3.05, 3.63) is 42.2 Å². The van der Waals surface area contributed by atoms with E-state index in [0.717, 1.165) is 18.9 Å². The average Bonchev–Trinajstić information content (AvgIpc) is 2.94. The van der Waals surface area contributed by atoms with Crippen LogP contribution in [0.1, 0.15) is 16.1 Å². The number of aryl methyl sites for hydroxylation is 1. The van der Waals surface area contributed by atoms with Crippen molar-refractivity contribution in [1.29, 1.82) is 0 Å². The highest BCUT2D eigenvalue weighted by Crippen LogP contribution is 2.16. The van der Waals surface area contributed by atoms with Crippen LogP contribution in [0.15, 0.2) is 35.3 Å². The number of amides is 1. The van der Waals surface area contributed by atoms with E-state index in [4.69, 9.17) is 4.42 Å². The Morgan fingerprint density at radius 3 is 2.65 bits per heavy atom. The van der Waals surface area contributed by atoms with Crippen LogP contribution in [0.2, 0.25) is 0 Å². The summed E-state index contributed by atoms with van der Waals surface area (Å²) in [5, 5.41) is 0. The fraction of sp³-hybridized carbons (Fsp3) is 0.357. The second kappa shape index (κ2) is 5.32. The summed E-state index contributed by atoms with van der Waals surface area (Å²) in [6.45, 7) is 4.70. The monoisotopic (exact) mass is 272 g/mol. The van der Waals surface area contributed by atoms with Gasteiger partial charge in [0.2, 0.25) is 0 Å². The predicted octanol–water partition coefficient (Wildman–Crippen LogP) is 1.34. The Balaban J connectivity index is 1.64. The largest absolute Gasteiger partial charge is 0.469 e. The molecule has 6 nitrogen and oxygen atoms in total. The highest BCUT2D eigenvalue weighted by Gasteiger charge is 2.24. The summed E-state index contributed by atoms with van der Waals surface area (Å²) >= 11 is 0. The Kier molecular flexibility index (Phi) is 3.37. The van der Waals surface area contributed by atoms with Crippen LogP contribution >= 0.6 is 0 Å². The Hall–Kier alpha value is -2.37. The number of carbonyl (C=O) groups is 1. The highest BCUT2D eigenvalue weighted by molar-refractivity contribution is 5.95. The van der Waals surface area contributed by atoms with Gasteiger partial charge in [0.05, 0.1) is 18.0 Å². The van der Waals surface area contributed by atoms with Crippen molar-refractivity contribution in [2.75, 3.05) is 31.1 Å². The van der Waals surface area contributed by atoms with Crippen molar-refractivity contribution in [3.8, 4) is 0 Å². The Bertz CT molecular complexity index is 588. The molecular formula is C14H16N4O2. The zero-order chi connectivity index (χ0) is 13.9. The van der Waals surface area contributed by atoms with Gasteiger partial charge in [-0.05, 0) is 13.0 Å². The van der Waals surface area contributed by atoms with Gasteiger partial charge < -0.3 is 14.2 Å². The molecule has 104 valence electrons. The SMILES string of the molecule is Cc1occc1C(=O)N1CCN(c2cnccn2)CC1. The van der Waals surface area contributed by atoms with Gasteiger partial charge in [-0.15, -0.1) is 0 Å². The van der Waals surface area contributed by atoms with E-state index < -0.39 is 0 Å². The van der Waals surface area contributed by atoms with Gasteiger partial charge in [-0.3, -0.25) is 9.78 Å². The smallest absolute Gasteiger partial charge is 0.257 e. The van der Waals surface area contributed by atoms with E-state index in [-0.39, 0.29) is 5.91 Å². The lowest BCUT2D eigenvalue weighted by atomic mass is 10.2. The van der Waals surface area contributed by atoms with E-state index in [1.54, 1.807) is 30.9 Å². The molecule has 0 unspecified atom stereocenters. The summed E-state index contributed by atoms with van der Waals surface area (Å²) in [5.41, 5.74) is 0.651. The number of hydrogen-bond donors (Lipinski definition) is 0. The summed E-state index contributed by atoms with van der Waals surface area (Å²) in [6.07, 6.45) is 6.64. The molecule has 1 amide bonds. The first kappa shape index (κ1) is 12.7. The summed E-state index contributed by atoms with van der Waals surface area (Å²) in [6, 6.07) is 1.73. The molecule has 0 radical (unpaired) electrons. The van der Waals surface area contributed by atoms with Crippen molar-refractivity contribution < 1.29 is 9.21 Å². The maximum Gasteiger partial charge on any atom is 0.257 e. The van der Waals surface area contributed by atoms with Crippen LogP contribution in [0, 0.1) is 6.92 Å². The quantitative estimate of drug-likeness (QED) is 0.825. The molecule has 1 aliphatic heterocycles. The molecule has 0 spiro atoms. The normalized spacial score (nSPS) is 15.4. The van der Waals surface area contributed by atoms with Gasteiger partial charge in [0.15, 0.2) is 0 Å². The first-order valence-electron chi connectivity index (χ1n) is 6.60. The van der Waals surface area contributed by atoms with Gasteiger partial charge in [0, 0.05) is 38.6 Å². The number of furan rings is 1. The first-order chi connectivity index (χ1) is 9.75. The van der Waals surface area contributed by atoms with Gasteiger partial charge >= 0.3 is 0 Å². The number of nitrogens with zero attached hydrogens (tertiary/aromatic N) is 4. The summed E-state index contributed by atoms with van der Waals surface area (Å²) in [7, 11) is 0. The maximum absolute atomic E-state index is 12.3. The lowest BCUT2D eigenvalue weighted by Crippen LogP contribution is -2.49. The minimum Gasteiger partial charge on any atom is -0.469 e. The molecule has 0 atom stereocenters. The molecular weight excluding hydrogens is 256 g/mol. The Morgan fingerprint density at radius 1 is 1.25 bits per heavy atom. The summed E-state index contributed by atoms with van der Waals surface area (Å²) < 4.78 is 5.19. The first-order valence-corrected chi connectivity index (χ1v) is 6.60. The van der Waals surface area contributed by atoms with Gasteiger partial charge in [-0.25, -0.2) is 4.98 Å². The van der Waals surface area contributed by atoms with Crippen molar-refractivity contribution >= 4 is 11.7 Å². The number of aromatic nitrogens is 2. The van der Waals surface area contributed by atoms with E-state index in [2.05, 4.69) is 14.9 Å². The number of piperazine rings is 1. The van der Waals surface area contributed by atoms with Gasteiger partial charge in [0.25, 0.3) is 5.91 Å². The van der Waals surface area contributed by atoms with Gasteiger partial charge in [-0.1, -0.05) is 0 Å². The number of carbonyl (C=O) groups excluding carboxylic acids is 1. The molecule has 0 aliphatic carbocycles. The predicted molar refractivity (Wildman–Crippen MR) is 73.6 cm³/mol. The van der Waals surface area contributed by atoms with Gasteiger partial charge in [-0.2, -0.15) is 0 Å². The fourth-order valence-corrected chi connectivity index (χ4v) is 2.37. The topological polar surface area (TPSA) is 62.5 Å². The van der Waals surface area contributed by atoms with E-state index in [0.29, 0.717) is 24.4 Å². The summed E-state index contributed by atoms with van der Waals surface area (Å²) in [5.74, 6) is 1.57. The standard InChI is InChI=1S/C14H16N4O2/c1-11-12(2-9-20-11)14(19)18-7-5-17(6-8-18)13-10-15-3-4-16-13/h2-4,9-10H,5-8H2,1H3. The third-order valence-electron chi connectivity index (χ3n) is 3.53. The zero-order valence-corrected chi connectivity index (χ0v) is 11.3. The number of hydrogen-bond acceptors (Lipinski definition) is 5. The zero-order valence-electron chi connectivity index (χ0n) is 11.3. The Labute approximate surface area is 117 Å². The lowest BCUT2D eigenvalue weighted by molar-refractivity contribution is 0.0744. The van der Waals surface area contributed by atoms with E-state index in [1.807, 2.05) is 11.8 Å². The van der Waals surface area contributed by atoms with Crippen molar-refractivity contribution in [2.45, 2.75) is 6.92 Å². The summed E-state index contributed by atoms with van der Waals surface area (Å²) in [4.78, 5) is 24.7. The molecule has 1 aliphatic rings. The molecule has 0 N–H and O–H groups in total. The molecule has 3 rings (SSSR count). The minimum atomic E-state index is 0.0371. The van der Waals surface area contributed by atoms with E-state index >= 15 is 0 Å². The Morgan fingerprint density at radius 2 is 2.05 bits per heavy atom. The third kappa shape index (κ3) is 2.36. The average molecular weight is 272 g/mol. The van der Waals surface area contributed by atoms with Crippen molar-refractivity contribution in [1.82, 2.24) is 14.9 Å². The molecule has 2 aromatic rings. The maximum atomic E-state index is 12.3. The molecule has 0 aromatic carbocycles. The molecule has 3 heterocycles. The van der Waals surface area contributed by atoms with Crippen LogP contribution in [0.4, 0.5) is 5.82 Å². The lowest BCUT2D eigenvalue weighted by Gasteiger charge is -2.35. The van der Waals surface area contributed by atoms with E-state index in [9.17, 15) is 4.79 Å². The second-order valence-electron chi connectivity index (χ2n) is 4.73. The minimum absolute atomic E-state index is 0.0371. The van der Waals surface area contributed by atoms with Gasteiger partial charge in [0.1, 0.15) is 11.6 Å². The molecule has 1 saturated heterocycles.